The van der Waals surface area contributed by atoms with Crippen LogP contribution in [0.2, 0.25) is 0 Å². The number of benzene rings is 1. The normalized spacial score (nSPS) is 20.1. The maximum absolute atomic E-state index is 13.3. The summed E-state index contributed by atoms with van der Waals surface area (Å²) in [5, 5.41) is 5.62. The lowest BCUT2D eigenvalue weighted by Gasteiger charge is -2.26. The highest BCUT2D eigenvalue weighted by atomic mass is 19.2. The highest BCUT2D eigenvalue weighted by Gasteiger charge is 2.44. The molecule has 0 radical (unpaired) electrons. The summed E-state index contributed by atoms with van der Waals surface area (Å²) in [6.45, 7) is 9.50. The molecule has 0 aromatic heterocycles. The first-order valence-corrected chi connectivity index (χ1v) is 9.20. The van der Waals surface area contributed by atoms with Crippen LogP contribution < -0.4 is 10.6 Å². The molecule has 7 heteroatoms. The second-order valence-electron chi connectivity index (χ2n) is 8.36. The van der Waals surface area contributed by atoms with E-state index in [1.807, 2.05) is 13.8 Å². The van der Waals surface area contributed by atoms with Gasteiger partial charge in [-0.1, -0.05) is 19.9 Å². The summed E-state index contributed by atoms with van der Waals surface area (Å²) in [6.07, 6.45) is 0.0736. The highest BCUT2D eigenvalue weighted by molar-refractivity contribution is 5.83. The van der Waals surface area contributed by atoms with E-state index < -0.39 is 23.3 Å². The summed E-state index contributed by atoms with van der Waals surface area (Å²) in [5.41, 5.74) is 0.0295. The van der Waals surface area contributed by atoms with E-state index in [4.69, 9.17) is 4.74 Å². The van der Waals surface area contributed by atoms with Gasteiger partial charge in [0.25, 0.3) is 0 Å². The number of hydrogen-bond acceptors (Lipinski definition) is 3. The standard InChI is InChI=1S/C20H28F2N2O3/c1-11(2)17(24-19(26)27-20(3,4)5)10-23-18(25)14-9-13(14)12-6-7-15(21)16(22)8-12/h6-8,11,13-14,17H,9-10H2,1-5H3,(H,23,25)(H,24,26). The molecule has 1 aliphatic rings. The average molecular weight is 382 g/mol. The Labute approximate surface area is 158 Å². The Balaban J connectivity index is 1.86. The minimum Gasteiger partial charge on any atom is -0.444 e. The van der Waals surface area contributed by atoms with Crippen LogP contribution in [0.1, 0.15) is 52.5 Å². The third kappa shape index (κ3) is 6.19. The number of ether oxygens (including phenoxy) is 1. The molecule has 1 aromatic rings. The van der Waals surface area contributed by atoms with Crippen LogP contribution >= 0.6 is 0 Å². The van der Waals surface area contributed by atoms with Crippen molar-refractivity contribution in [3.05, 3.63) is 35.4 Å². The Kier molecular flexibility index (Phi) is 6.44. The number of carbonyl (C=O) groups excluding carboxylic acids is 2. The third-order valence-corrected chi connectivity index (χ3v) is 4.50. The second-order valence-corrected chi connectivity index (χ2v) is 8.36. The van der Waals surface area contributed by atoms with Gasteiger partial charge in [-0.2, -0.15) is 0 Å². The van der Waals surface area contributed by atoms with E-state index in [0.717, 1.165) is 12.1 Å². The first-order chi connectivity index (χ1) is 12.5. The van der Waals surface area contributed by atoms with Gasteiger partial charge in [-0.25, -0.2) is 13.6 Å². The molecule has 1 aromatic carbocycles. The maximum Gasteiger partial charge on any atom is 0.407 e. The minimum atomic E-state index is -0.903. The van der Waals surface area contributed by atoms with E-state index in [1.165, 1.54) is 6.07 Å². The van der Waals surface area contributed by atoms with Gasteiger partial charge in [0.15, 0.2) is 11.6 Å². The molecule has 3 atom stereocenters. The molecule has 0 aliphatic heterocycles. The number of halogens is 2. The SMILES string of the molecule is CC(C)C(CNC(=O)C1CC1c1ccc(F)c(F)c1)NC(=O)OC(C)(C)C. The van der Waals surface area contributed by atoms with Crippen molar-refractivity contribution in [2.75, 3.05) is 6.54 Å². The summed E-state index contributed by atoms with van der Waals surface area (Å²) in [6, 6.07) is 3.47. The monoisotopic (exact) mass is 382 g/mol. The zero-order valence-electron chi connectivity index (χ0n) is 16.4. The fraction of sp³-hybridized carbons (Fsp3) is 0.600. The summed E-state index contributed by atoms with van der Waals surface area (Å²) < 4.78 is 31.6. The van der Waals surface area contributed by atoms with Gasteiger partial charge in [-0.3, -0.25) is 4.79 Å². The maximum atomic E-state index is 13.3. The molecule has 0 spiro atoms. The van der Waals surface area contributed by atoms with Crippen LogP contribution in [0.15, 0.2) is 18.2 Å². The van der Waals surface area contributed by atoms with Gasteiger partial charge >= 0.3 is 6.09 Å². The van der Waals surface area contributed by atoms with E-state index in [-0.39, 0.29) is 36.2 Å². The Morgan fingerprint density at radius 3 is 2.44 bits per heavy atom. The molecular weight excluding hydrogens is 354 g/mol. The van der Waals surface area contributed by atoms with Crippen molar-refractivity contribution in [2.45, 2.75) is 58.6 Å². The zero-order chi connectivity index (χ0) is 20.4. The van der Waals surface area contributed by atoms with Crippen molar-refractivity contribution in [1.82, 2.24) is 10.6 Å². The molecule has 5 nitrogen and oxygen atoms in total. The van der Waals surface area contributed by atoms with Crippen molar-refractivity contribution < 1.29 is 23.1 Å². The van der Waals surface area contributed by atoms with Gasteiger partial charge in [-0.15, -0.1) is 0 Å². The summed E-state index contributed by atoms with van der Waals surface area (Å²) in [7, 11) is 0. The van der Waals surface area contributed by atoms with Gasteiger partial charge in [-0.05, 0) is 56.7 Å². The zero-order valence-corrected chi connectivity index (χ0v) is 16.4. The molecule has 1 saturated carbocycles. The Morgan fingerprint density at radius 2 is 1.89 bits per heavy atom. The predicted molar refractivity (Wildman–Crippen MR) is 98.2 cm³/mol. The van der Waals surface area contributed by atoms with Gasteiger partial charge in [0.05, 0.1) is 6.04 Å². The number of alkyl carbamates (subject to hydrolysis) is 1. The number of carbonyl (C=O) groups is 2. The average Bonchev–Trinajstić information content (AvgIpc) is 3.32. The number of hydrogen-bond donors (Lipinski definition) is 2. The Bertz CT molecular complexity index is 701. The predicted octanol–water partition coefficient (Wildman–Crippen LogP) is 3.73. The fourth-order valence-corrected chi connectivity index (χ4v) is 2.85. The summed E-state index contributed by atoms with van der Waals surface area (Å²) >= 11 is 0. The number of amides is 2. The first-order valence-electron chi connectivity index (χ1n) is 9.20. The summed E-state index contributed by atoms with van der Waals surface area (Å²) in [4.78, 5) is 24.3. The van der Waals surface area contributed by atoms with Crippen molar-refractivity contribution in [2.24, 2.45) is 11.8 Å². The lowest BCUT2D eigenvalue weighted by molar-refractivity contribution is -0.122. The van der Waals surface area contributed by atoms with E-state index in [0.29, 0.717) is 12.0 Å². The highest BCUT2D eigenvalue weighted by Crippen LogP contribution is 2.47. The largest absolute Gasteiger partial charge is 0.444 e. The van der Waals surface area contributed by atoms with Crippen LogP contribution in [0.4, 0.5) is 13.6 Å². The van der Waals surface area contributed by atoms with E-state index in [1.54, 1.807) is 20.8 Å². The molecule has 1 fully saturated rings. The second kappa shape index (κ2) is 8.23. The van der Waals surface area contributed by atoms with E-state index in [9.17, 15) is 18.4 Å². The van der Waals surface area contributed by atoms with Crippen LogP contribution in [-0.4, -0.2) is 30.2 Å². The molecule has 0 heterocycles. The van der Waals surface area contributed by atoms with E-state index in [2.05, 4.69) is 10.6 Å². The van der Waals surface area contributed by atoms with Crippen LogP contribution in [0.25, 0.3) is 0 Å². The van der Waals surface area contributed by atoms with Crippen molar-refractivity contribution >= 4 is 12.0 Å². The van der Waals surface area contributed by atoms with Crippen molar-refractivity contribution in [3.63, 3.8) is 0 Å². The molecule has 0 bridgehead atoms. The molecule has 0 saturated heterocycles. The van der Waals surface area contributed by atoms with Crippen molar-refractivity contribution in [1.29, 1.82) is 0 Å². The van der Waals surface area contributed by atoms with Gasteiger partial charge in [0.2, 0.25) is 5.91 Å². The minimum absolute atomic E-state index is 0.0963. The first kappa shape index (κ1) is 21.1. The third-order valence-electron chi connectivity index (χ3n) is 4.50. The van der Waals surface area contributed by atoms with Crippen LogP contribution in [-0.2, 0) is 9.53 Å². The molecule has 27 heavy (non-hydrogen) atoms. The number of rotatable bonds is 6. The molecule has 150 valence electrons. The number of nitrogens with one attached hydrogen (secondary N) is 2. The van der Waals surface area contributed by atoms with Crippen LogP contribution in [0.5, 0.6) is 0 Å². The topological polar surface area (TPSA) is 67.4 Å². The van der Waals surface area contributed by atoms with Gasteiger partial charge in [0, 0.05) is 12.5 Å². The molecule has 2 N–H and O–H groups in total. The lowest BCUT2D eigenvalue weighted by Crippen LogP contribution is -2.48. The van der Waals surface area contributed by atoms with Gasteiger partial charge in [0.1, 0.15) is 5.60 Å². The smallest absolute Gasteiger partial charge is 0.407 e. The van der Waals surface area contributed by atoms with Crippen LogP contribution in [0, 0.1) is 23.5 Å². The molecular formula is C20H28F2N2O3. The Hall–Kier alpha value is -2.18. The molecule has 2 rings (SSSR count). The fourth-order valence-electron chi connectivity index (χ4n) is 2.85. The lowest BCUT2D eigenvalue weighted by atomic mass is 10.0. The molecule has 3 unspecified atom stereocenters. The quantitative estimate of drug-likeness (QED) is 0.788. The molecule has 2 amide bonds. The van der Waals surface area contributed by atoms with Gasteiger partial charge < -0.3 is 15.4 Å². The van der Waals surface area contributed by atoms with Crippen LogP contribution in [0.3, 0.4) is 0 Å². The Morgan fingerprint density at radius 1 is 1.22 bits per heavy atom. The molecule has 1 aliphatic carbocycles. The van der Waals surface area contributed by atoms with Crippen molar-refractivity contribution in [3.8, 4) is 0 Å². The summed E-state index contributed by atoms with van der Waals surface area (Å²) in [5.74, 6) is -2.21. The van der Waals surface area contributed by atoms with E-state index >= 15 is 0 Å².